The highest BCUT2D eigenvalue weighted by atomic mass is 32.2. The molecule has 4 rings (SSSR count). The number of amides is 2. The molecule has 0 aromatic carbocycles. The number of carbonyl (C=O) groups excluding carboxylic acids is 2. The Morgan fingerprint density at radius 3 is 2.96 bits per heavy atom. The van der Waals surface area contributed by atoms with Gasteiger partial charge in [-0.3, -0.25) is 9.59 Å². The minimum absolute atomic E-state index is 0.126. The predicted molar refractivity (Wildman–Crippen MR) is 82.6 cm³/mol. The molecule has 2 saturated heterocycles. The number of tetrazole rings is 1. The molecule has 9 nitrogen and oxygen atoms in total. The highest BCUT2D eigenvalue weighted by molar-refractivity contribution is 8.01. The third-order valence-corrected chi connectivity index (χ3v) is 6.19. The van der Waals surface area contributed by atoms with Gasteiger partial charge in [0, 0.05) is 10.1 Å². The van der Waals surface area contributed by atoms with E-state index in [-0.39, 0.29) is 28.0 Å². The van der Waals surface area contributed by atoms with E-state index in [9.17, 15) is 9.59 Å². The van der Waals surface area contributed by atoms with Gasteiger partial charge in [0.2, 0.25) is 5.91 Å². The largest absolute Gasteiger partial charge is 0.338 e. The Kier molecular flexibility index (Phi) is 3.17. The van der Waals surface area contributed by atoms with Gasteiger partial charge in [0.05, 0.1) is 11.8 Å². The van der Waals surface area contributed by atoms with Gasteiger partial charge in [-0.05, 0) is 25.4 Å². The number of nitrogens with one attached hydrogen (secondary N) is 2. The number of rotatable bonds is 3. The van der Waals surface area contributed by atoms with Crippen molar-refractivity contribution in [1.82, 2.24) is 35.2 Å². The molecule has 2 aromatic heterocycles. The smallest absolute Gasteiger partial charge is 0.254 e. The van der Waals surface area contributed by atoms with Crippen LogP contribution in [0.1, 0.15) is 36.1 Å². The van der Waals surface area contributed by atoms with Gasteiger partial charge in [-0.25, -0.2) is 4.37 Å². The lowest BCUT2D eigenvalue weighted by Crippen LogP contribution is -2.67. The first-order chi connectivity index (χ1) is 11.0. The van der Waals surface area contributed by atoms with Gasteiger partial charge in [-0.2, -0.15) is 5.21 Å². The van der Waals surface area contributed by atoms with Crippen molar-refractivity contribution in [2.45, 2.75) is 36.1 Å². The number of β-lactam (4-membered cyclic amide) rings is 1. The van der Waals surface area contributed by atoms with E-state index in [2.05, 4.69) is 30.3 Å². The summed E-state index contributed by atoms with van der Waals surface area (Å²) in [4.78, 5) is 26.4. The van der Waals surface area contributed by atoms with E-state index in [1.165, 1.54) is 17.7 Å². The van der Waals surface area contributed by atoms with Crippen molar-refractivity contribution in [3.63, 3.8) is 0 Å². The van der Waals surface area contributed by atoms with Gasteiger partial charge in [0.15, 0.2) is 5.82 Å². The molecule has 0 radical (unpaired) electrons. The summed E-state index contributed by atoms with van der Waals surface area (Å²) in [6.07, 6.45) is 1.49. The van der Waals surface area contributed by atoms with Crippen molar-refractivity contribution in [3.05, 3.63) is 23.0 Å². The Labute approximate surface area is 139 Å². The molecule has 2 fully saturated rings. The first-order valence-electron chi connectivity index (χ1n) is 6.92. The van der Waals surface area contributed by atoms with Gasteiger partial charge in [-0.15, -0.1) is 22.0 Å². The molecule has 0 saturated carbocycles. The average Bonchev–Trinajstić information content (AvgIpc) is 3.23. The van der Waals surface area contributed by atoms with E-state index in [1.54, 1.807) is 22.0 Å². The van der Waals surface area contributed by atoms with Crippen LogP contribution < -0.4 is 5.32 Å². The molecule has 0 aliphatic carbocycles. The summed E-state index contributed by atoms with van der Waals surface area (Å²) in [5.41, 5.74) is 0.471. The van der Waals surface area contributed by atoms with Crippen molar-refractivity contribution < 1.29 is 9.59 Å². The quantitative estimate of drug-likeness (QED) is 0.758. The molecule has 0 bridgehead atoms. The molecule has 120 valence electrons. The summed E-state index contributed by atoms with van der Waals surface area (Å²) in [7, 11) is 0. The Morgan fingerprint density at radius 1 is 1.48 bits per heavy atom. The maximum Gasteiger partial charge on any atom is 0.254 e. The van der Waals surface area contributed by atoms with Crippen molar-refractivity contribution >= 4 is 35.1 Å². The summed E-state index contributed by atoms with van der Waals surface area (Å²) in [5.74, 6) is 0.0859. The standard InChI is InChI=1S/C12H13N7O2S2/c1-12(2)7(8-15-17-18-16-8)19-10(21)6(11(19)23-12)14-9(20)5-3-13-22-4-5/h3-4,6-7,11H,1-2H3,(H,14,20)(H,15,16,17,18)/t6?,7?,11-/m0/s1. The van der Waals surface area contributed by atoms with E-state index >= 15 is 0 Å². The SMILES string of the molecule is CC1(C)S[C@H]2C(NC(=O)c3cnsc3)C(=O)N2C1c1nn[nH]n1. The number of nitrogens with zero attached hydrogens (tertiary/aromatic N) is 5. The molecule has 2 N–H and O–H groups in total. The van der Waals surface area contributed by atoms with E-state index < -0.39 is 6.04 Å². The normalized spacial score (nSPS) is 28.3. The number of carbonyl (C=O) groups is 2. The Balaban J connectivity index is 1.55. The van der Waals surface area contributed by atoms with Crippen molar-refractivity contribution in [2.24, 2.45) is 0 Å². The second kappa shape index (κ2) is 4.99. The number of H-pyrrole nitrogens is 1. The maximum absolute atomic E-state index is 12.5. The summed E-state index contributed by atoms with van der Waals surface area (Å²) >= 11 is 2.83. The van der Waals surface area contributed by atoms with Crippen LogP contribution in [-0.2, 0) is 4.79 Å². The van der Waals surface area contributed by atoms with Crippen LogP contribution in [0.25, 0.3) is 0 Å². The molecular formula is C12H13N7O2S2. The third-order valence-electron chi connectivity index (χ3n) is 4.03. The summed E-state index contributed by atoms with van der Waals surface area (Å²) in [5, 5.41) is 18.4. The maximum atomic E-state index is 12.5. The van der Waals surface area contributed by atoms with Gasteiger partial charge in [0.1, 0.15) is 17.5 Å². The molecule has 11 heteroatoms. The molecule has 0 spiro atoms. The predicted octanol–water partition coefficient (Wildman–Crippen LogP) is 0.190. The molecule has 2 amide bonds. The minimum atomic E-state index is -0.538. The van der Waals surface area contributed by atoms with Crippen molar-refractivity contribution in [1.29, 1.82) is 0 Å². The van der Waals surface area contributed by atoms with Crippen LogP contribution in [0, 0.1) is 0 Å². The molecule has 2 aliphatic rings. The average molecular weight is 351 g/mol. The monoisotopic (exact) mass is 351 g/mol. The van der Waals surface area contributed by atoms with Crippen LogP contribution in [-0.4, -0.2) is 57.9 Å². The fraction of sp³-hybridized carbons (Fsp3) is 0.500. The van der Waals surface area contributed by atoms with Crippen molar-refractivity contribution in [3.8, 4) is 0 Å². The van der Waals surface area contributed by atoms with E-state index in [0.717, 1.165) is 0 Å². The number of fused-ring (bicyclic) bond motifs is 1. The first kappa shape index (κ1) is 14.6. The van der Waals surface area contributed by atoms with Gasteiger partial charge >= 0.3 is 0 Å². The summed E-state index contributed by atoms with van der Waals surface area (Å²) in [6, 6.07) is -0.803. The van der Waals surface area contributed by atoms with Crippen LogP contribution in [0.5, 0.6) is 0 Å². The number of hydrogen-bond acceptors (Lipinski definition) is 8. The van der Waals surface area contributed by atoms with Gasteiger partial charge in [-0.1, -0.05) is 5.21 Å². The number of thioether (sulfide) groups is 1. The zero-order valence-corrected chi connectivity index (χ0v) is 13.9. The zero-order valence-electron chi connectivity index (χ0n) is 12.3. The fourth-order valence-corrected chi connectivity index (χ4v) is 5.14. The van der Waals surface area contributed by atoms with Crippen LogP contribution in [0.2, 0.25) is 0 Å². The molecular weight excluding hydrogens is 338 g/mol. The lowest BCUT2D eigenvalue weighted by Gasteiger charge is -2.43. The fourth-order valence-electron chi connectivity index (χ4n) is 2.99. The number of hydrogen-bond donors (Lipinski definition) is 2. The molecule has 2 unspecified atom stereocenters. The topological polar surface area (TPSA) is 117 Å². The lowest BCUT2D eigenvalue weighted by molar-refractivity contribution is -0.148. The second-order valence-electron chi connectivity index (χ2n) is 5.89. The third kappa shape index (κ3) is 2.14. The first-order valence-corrected chi connectivity index (χ1v) is 8.64. The molecule has 2 aromatic rings. The Hall–Kier alpha value is -2.01. The Bertz CT molecular complexity index is 746. The van der Waals surface area contributed by atoms with Crippen LogP contribution in [0.3, 0.4) is 0 Å². The van der Waals surface area contributed by atoms with Crippen LogP contribution in [0.4, 0.5) is 0 Å². The van der Waals surface area contributed by atoms with Gasteiger partial charge < -0.3 is 10.2 Å². The van der Waals surface area contributed by atoms with Crippen molar-refractivity contribution in [2.75, 3.05) is 0 Å². The highest BCUT2D eigenvalue weighted by Crippen LogP contribution is 2.56. The molecule has 4 heterocycles. The summed E-state index contributed by atoms with van der Waals surface area (Å²) in [6.45, 7) is 4.07. The van der Waals surface area contributed by atoms with E-state index in [4.69, 9.17) is 0 Å². The Morgan fingerprint density at radius 2 is 2.30 bits per heavy atom. The zero-order chi connectivity index (χ0) is 16.2. The van der Waals surface area contributed by atoms with Gasteiger partial charge in [0.25, 0.3) is 5.91 Å². The minimum Gasteiger partial charge on any atom is -0.338 e. The molecule has 2 aliphatic heterocycles. The number of aromatic amines is 1. The highest BCUT2D eigenvalue weighted by Gasteiger charge is 2.63. The van der Waals surface area contributed by atoms with Crippen LogP contribution >= 0.6 is 23.3 Å². The molecule has 3 atom stereocenters. The number of aromatic nitrogens is 5. The second-order valence-corrected chi connectivity index (χ2v) is 8.32. The van der Waals surface area contributed by atoms with E-state index in [0.29, 0.717) is 11.4 Å². The van der Waals surface area contributed by atoms with Crippen LogP contribution in [0.15, 0.2) is 11.6 Å². The lowest BCUT2D eigenvalue weighted by atomic mass is 9.95. The summed E-state index contributed by atoms with van der Waals surface area (Å²) < 4.78 is 3.63. The van der Waals surface area contributed by atoms with E-state index in [1.807, 2.05) is 13.8 Å². The molecule has 23 heavy (non-hydrogen) atoms.